The summed E-state index contributed by atoms with van der Waals surface area (Å²) in [6.07, 6.45) is -2.14. The molecule has 0 spiro atoms. The molecule has 4 heterocycles. The predicted octanol–water partition coefficient (Wildman–Crippen LogP) is 7.08. The predicted molar refractivity (Wildman–Crippen MR) is 219 cm³/mol. The number of pyridine rings is 1. The Labute approximate surface area is 350 Å². The number of imidazole rings is 1. The van der Waals surface area contributed by atoms with Crippen molar-refractivity contribution in [3.8, 4) is 28.1 Å². The molecule has 2 saturated heterocycles. The number of alkyl halides is 3. The van der Waals surface area contributed by atoms with Gasteiger partial charge >= 0.3 is 18.5 Å². The fraction of sp³-hybridized carbons (Fsp3) is 0.415. The summed E-state index contributed by atoms with van der Waals surface area (Å²) in [5, 5.41) is 7.80. The fourth-order valence-corrected chi connectivity index (χ4v) is 7.73. The van der Waals surface area contributed by atoms with Crippen LogP contribution in [-0.4, -0.2) is 107 Å². The molecule has 0 bridgehead atoms. The van der Waals surface area contributed by atoms with E-state index >= 15 is 0 Å². The number of methoxy groups -OCH3 is 1. The first-order valence-corrected chi connectivity index (χ1v) is 19.7. The number of benzene rings is 2. The summed E-state index contributed by atoms with van der Waals surface area (Å²) < 4.78 is 50.4. The number of aromatic amines is 1. The molecule has 2 aliphatic rings. The van der Waals surface area contributed by atoms with Crippen molar-refractivity contribution >= 4 is 47.0 Å². The maximum absolute atomic E-state index is 13.7. The van der Waals surface area contributed by atoms with Crippen LogP contribution < -0.4 is 25.6 Å². The number of piperazine rings is 1. The molecule has 4 atom stereocenters. The number of hydrogen-bond acceptors (Lipinski definition) is 9. The third-order valence-electron chi connectivity index (χ3n) is 10.6. The number of halogens is 4. The maximum atomic E-state index is 13.7. The second-order valence-corrected chi connectivity index (χ2v) is 15.7. The number of alkyl carbamates (subject to hydrolysis) is 1. The van der Waals surface area contributed by atoms with E-state index in [4.69, 9.17) is 16.3 Å². The number of amides is 5. The number of carbonyl (C=O) groups is 4. The highest BCUT2D eigenvalue weighted by molar-refractivity contribution is 6.34. The molecule has 4 N–H and O–H groups in total. The highest BCUT2D eigenvalue weighted by atomic mass is 35.5. The van der Waals surface area contributed by atoms with Crippen LogP contribution in [0.5, 0.6) is 5.75 Å². The Kier molecular flexibility index (Phi) is 13.1. The van der Waals surface area contributed by atoms with Gasteiger partial charge in [-0.1, -0.05) is 56.6 Å². The molecule has 4 unspecified atom stereocenters. The fourth-order valence-electron chi connectivity index (χ4n) is 7.52. The number of ether oxygens (including phenoxy) is 2. The molecule has 0 aliphatic carbocycles. The molecular formula is C41H47ClF3N9O6. The number of rotatable bonds is 10. The van der Waals surface area contributed by atoms with Crippen molar-refractivity contribution in [3.05, 3.63) is 77.3 Å². The molecule has 320 valence electrons. The molecule has 0 saturated carbocycles. The first-order chi connectivity index (χ1) is 28.5. The van der Waals surface area contributed by atoms with Gasteiger partial charge in [-0.3, -0.25) is 9.59 Å². The van der Waals surface area contributed by atoms with Crippen molar-refractivity contribution in [2.75, 3.05) is 50.6 Å². The minimum atomic E-state index is -5.06. The quantitative estimate of drug-likeness (QED) is 0.130. The Balaban J connectivity index is 1.18. The molecule has 60 heavy (non-hydrogen) atoms. The molecule has 2 aromatic heterocycles. The van der Waals surface area contributed by atoms with Gasteiger partial charge in [0.05, 0.1) is 41.3 Å². The van der Waals surface area contributed by atoms with Crippen LogP contribution in [-0.2, 0) is 9.53 Å². The largest absolute Gasteiger partial charge is 0.573 e. The van der Waals surface area contributed by atoms with Crippen molar-refractivity contribution in [1.82, 2.24) is 35.4 Å². The maximum Gasteiger partial charge on any atom is 0.573 e. The van der Waals surface area contributed by atoms with E-state index in [-0.39, 0.29) is 57.7 Å². The van der Waals surface area contributed by atoms with Gasteiger partial charge in [-0.05, 0) is 54.5 Å². The van der Waals surface area contributed by atoms with Gasteiger partial charge in [0.2, 0.25) is 5.91 Å². The average Bonchev–Trinajstić information content (AvgIpc) is 3.87. The van der Waals surface area contributed by atoms with E-state index in [1.807, 2.05) is 32.6 Å². The van der Waals surface area contributed by atoms with Crippen LogP contribution in [0.2, 0.25) is 5.02 Å². The number of nitrogens with zero attached hydrogens (tertiary/aromatic N) is 5. The molecule has 6 rings (SSSR count). The summed E-state index contributed by atoms with van der Waals surface area (Å²) in [6.45, 7) is 9.64. The molecule has 5 amide bonds. The second-order valence-electron chi connectivity index (χ2n) is 15.2. The van der Waals surface area contributed by atoms with E-state index in [0.717, 1.165) is 6.07 Å². The van der Waals surface area contributed by atoms with Crippen LogP contribution >= 0.6 is 11.6 Å². The first-order valence-electron chi connectivity index (χ1n) is 19.4. The van der Waals surface area contributed by atoms with Gasteiger partial charge in [0.1, 0.15) is 23.4 Å². The number of anilines is 2. The minimum absolute atomic E-state index is 0.0261. The van der Waals surface area contributed by atoms with Crippen molar-refractivity contribution in [2.24, 2.45) is 11.8 Å². The zero-order valence-corrected chi connectivity index (χ0v) is 34.6. The molecule has 2 aliphatic heterocycles. The third-order valence-corrected chi connectivity index (χ3v) is 10.9. The van der Waals surface area contributed by atoms with E-state index in [0.29, 0.717) is 61.1 Å². The van der Waals surface area contributed by atoms with Crippen LogP contribution in [0, 0.1) is 11.8 Å². The SMILES string of the molecule is CNC(=O)N1CCN(c2ccc(C(=O)Nc3cc(OC(F)(F)F)c(-c4ccc(-c5cnc(C6CC(C)CN6C(=O)C(NC(=O)OC)C(C)C)[nH]5)cc4)cc3Cl)cn2)C(C)C1. The van der Waals surface area contributed by atoms with E-state index in [2.05, 4.69) is 35.6 Å². The standard InChI is InChI=1S/C41H47ClF3N9O6/c1-22(2)35(51-40(58)59-6)38(56)54-20-23(3)15-32(54)36-48-19-31(49-36)26-9-7-25(8-10-26)28-16-29(42)30(17-33(28)60-41(43,44)45)50-37(55)27-11-12-34(47-18-27)53-14-13-52(21-24(53)4)39(57)46-5/h7-12,16-19,22-24,32,35H,13-15,20-21H2,1-6H3,(H,46,57)(H,48,49)(H,50,55)(H,51,58). The Hall–Kier alpha value is -6.04. The highest BCUT2D eigenvalue weighted by Gasteiger charge is 2.40. The molecule has 19 heteroatoms. The molecule has 2 fully saturated rings. The van der Waals surface area contributed by atoms with Crippen LogP contribution in [0.1, 0.15) is 56.3 Å². The van der Waals surface area contributed by atoms with Crippen LogP contribution in [0.4, 0.5) is 34.3 Å². The van der Waals surface area contributed by atoms with Gasteiger partial charge in [-0.2, -0.15) is 0 Å². The Bertz CT molecular complexity index is 2200. The highest BCUT2D eigenvalue weighted by Crippen LogP contribution is 2.41. The Morgan fingerprint density at radius 3 is 2.30 bits per heavy atom. The number of aromatic nitrogens is 3. The number of hydrogen-bond donors (Lipinski definition) is 4. The van der Waals surface area contributed by atoms with Gasteiger partial charge in [-0.25, -0.2) is 19.6 Å². The molecule has 2 aromatic carbocycles. The van der Waals surface area contributed by atoms with Crippen LogP contribution in [0.25, 0.3) is 22.4 Å². The average molecular weight is 854 g/mol. The summed E-state index contributed by atoms with van der Waals surface area (Å²) >= 11 is 6.57. The van der Waals surface area contributed by atoms with Crippen molar-refractivity contribution in [3.63, 3.8) is 0 Å². The summed E-state index contributed by atoms with van der Waals surface area (Å²) in [6, 6.07) is 10.7. The Morgan fingerprint density at radius 1 is 0.967 bits per heavy atom. The van der Waals surface area contributed by atoms with Gasteiger partial charge in [0.15, 0.2) is 0 Å². The number of H-pyrrole nitrogens is 1. The van der Waals surface area contributed by atoms with Gasteiger partial charge in [0, 0.05) is 57.1 Å². The second kappa shape index (κ2) is 18.1. The molecule has 15 nitrogen and oxygen atoms in total. The van der Waals surface area contributed by atoms with E-state index in [9.17, 15) is 32.3 Å². The summed E-state index contributed by atoms with van der Waals surface area (Å²) in [5.74, 6) is -0.366. The minimum Gasteiger partial charge on any atom is -0.453 e. The molecule has 4 aromatic rings. The monoisotopic (exact) mass is 853 g/mol. The first kappa shape index (κ1) is 43.5. The summed E-state index contributed by atoms with van der Waals surface area (Å²) in [4.78, 5) is 68.8. The summed E-state index contributed by atoms with van der Waals surface area (Å²) in [5.41, 5.74) is 1.69. The number of carbonyl (C=O) groups excluding carboxylic acids is 4. The van der Waals surface area contributed by atoms with E-state index in [1.54, 1.807) is 59.4 Å². The lowest BCUT2D eigenvalue weighted by Crippen LogP contribution is -2.55. The molecular weight excluding hydrogens is 807 g/mol. The van der Waals surface area contributed by atoms with Crippen molar-refractivity contribution in [1.29, 1.82) is 0 Å². The molecule has 0 radical (unpaired) electrons. The van der Waals surface area contributed by atoms with Crippen LogP contribution in [0.3, 0.4) is 0 Å². The normalized spacial score (nSPS) is 18.6. The van der Waals surface area contributed by atoms with Crippen molar-refractivity contribution < 1.29 is 41.8 Å². The lowest BCUT2D eigenvalue weighted by Gasteiger charge is -2.40. The number of urea groups is 1. The van der Waals surface area contributed by atoms with Crippen LogP contribution in [0.15, 0.2) is 60.9 Å². The van der Waals surface area contributed by atoms with Gasteiger partial charge in [0.25, 0.3) is 5.91 Å². The zero-order chi connectivity index (χ0) is 43.5. The third kappa shape index (κ3) is 9.86. The van der Waals surface area contributed by atoms with E-state index < -0.39 is 30.2 Å². The van der Waals surface area contributed by atoms with Crippen molar-refractivity contribution in [2.45, 2.75) is 58.6 Å². The topological polar surface area (TPSA) is 174 Å². The van der Waals surface area contributed by atoms with Gasteiger partial charge < -0.3 is 45.1 Å². The lowest BCUT2D eigenvalue weighted by molar-refractivity contribution is -0.274. The summed E-state index contributed by atoms with van der Waals surface area (Å²) in [7, 11) is 2.81. The number of nitrogens with one attached hydrogen (secondary N) is 4. The number of likely N-dealkylation sites (tertiary alicyclic amines) is 1. The Morgan fingerprint density at radius 2 is 1.68 bits per heavy atom. The lowest BCUT2D eigenvalue weighted by atomic mass is 10.0. The zero-order valence-electron chi connectivity index (χ0n) is 33.9. The van der Waals surface area contributed by atoms with E-state index in [1.165, 1.54) is 19.4 Å². The smallest absolute Gasteiger partial charge is 0.453 e. The van der Waals surface area contributed by atoms with Gasteiger partial charge in [-0.15, -0.1) is 13.2 Å².